The fourth-order valence-electron chi connectivity index (χ4n) is 1.51. The molecule has 1 aromatic heterocycles. The molecule has 8 heteroatoms. The van der Waals surface area contributed by atoms with Gasteiger partial charge in [0.05, 0.1) is 11.0 Å². The van der Waals surface area contributed by atoms with Gasteiger partial charge in [0.2, 0.25) is 11.7 Å². The lowest BCUT2D eigenvalue weighted by molar-refractivity contribution is -0.384. The maximum atomic E-state index is 10.9. The van der Waals surface area contributed by atoms with Gasteiger partial charge in [-0.25, -0.2) is 0 Å². The molecule has 0 aliphatic carbocycles. The zero-order chi connectivity index (χ0) is 14.0. The number of aromatic nitrogens is 2. The summed E-state index contributed by atoms with van der Waals surface area (Å²) < 4.78 is 4.91. The van der Waals surface area contributed by atoms with E-state index in [1.54, 1.807) is 12.1 Å². The number of rotatable bonds is 4. The molecule has 3 N–H and O–H groups in total. The predicted octanol–water partition coefficient (Wildman–Crippen LogP) is 1.03. The molecule has 8 nitrogen and oxygen atoms in total. The minimum atomic E-state index is -0.862. The molecule has 0 aliphatic rings. The van der Waals surface area contributed by atoms with E-state index in [4.69, 9.17) is 10.3 Å². The van der Waals surface area contributed by atoms with E-state index in [0.717, 1.165) is 0 Å². The minimum Gasteiger partial charge on any atom is -0.391 e. The highest BCUT2D eigenvalue weighted by atomic mass is 16.6. The Morgan fingerprint density at radius 3 is 2.79 bits per heavy atom. The molecule has 0 amide bonds. The molecule has 19 heavy (non-hydrogen) atoms. The number of aliphatic hydroxyl groups excluding tert-OH is 1. The molecule has 2 atom stereocenters. The third-order valence-corrected chi connectivity index (χ3v) is 2.59. The Morgan fingerprint density at radius 1 is 1.47 bits per heavy atom. The maximum absolute atomic E-state index is 10.9. The number of hydrogen-bond donors (Lipinski definition) is 2. The molecule has 0 spiro atoms. The molecule has 0 saturated carbocycles. The van der Waals surface area contributed by atoms with Gasteiger partial charge in [-0.1, -0.05) is 17.3 Å². The van der Waals surface area contributed by atoms with Crippen molar-refractivity contribution >= 4 is 5.69 Å². The van der Waals surface area contributed by atoms with Crippen LogP contribution in [0.5, 0.6) is 0 Å². The number of nitrogens with zero attached hydrogens (tertiary/aromatic N) is 3. The Balaban J connectivity index is 2.41. The third kappa shape index (κ3) is 2.59. The highest BCUT2D eigenvalue weighted by molar-refractivity contribution is 5.67. The molecule has 1 aromatic carbocycles. The molecule has 0 saturated heterocycles. The fourth-order valence-corrected chi connectivity index (χ4v) is 1.51. The largest absolute Gasteiger partial charge is 0.391 e. The van der Waals surface area contributed by atoms with E-state index >= 15 is 0 Å². The first-order valence-corrected chi connectivity index (χ1v) is 5.51. The van der Waals surface area contributed by atoms with Crippen molar-refractivity contribution in [2.45, 2.75) is 19.1 Å². The zero-order valence-electron chi connectivity index (χ0n) is 10.1. The van der Waals surface area contributed by atoms with Gasteiger partial charge in [-0.15, -0.1) is 0 Å². The molecular weight excluding hydrogens is 252 g/mol. The first-order valence-electron chi connectivity index (χ1n) is 5.51. The average Bonchev–Trinajstić information content (AvgIpc) is 2.87. The van der Waals surface area contributed by atoms with Gasteiger partial charge in [0.1, 0.15) is 11.6 Å². The molecule has 1 heterocycles. The fraction of sp³-hybridized carbons (Fsp3) is 0.273. The number of benzene rings is 1. The summed E-state index contributed by atoms with van der Waals surface area (Å²) in [6.07, 6.45) is -0.862. The molecule has 2 rings (SSSR count). The van der Waals surface area contributed by atoms with E-state index in [0.29, 0.717) is 0 Å². The number of aliphatic hydroxyl groups is 1. The Hall–Kier alpha value is -2.32. The molecule has 0 unspecified atom stereocenters. The molecule has 0 aliphatic heterocycles. The summed E-state index contributed by atoms with van der Waals surface area (Å²) >= 11 is 0. The van der Waals surface area contributed by atoms with Gasteiger partial charge in [-0.05, 0) is 13.0 Å². The van der Waals surface area contributed by atoms with Crippen LogP contribution in [0.3, 0.4) is 0 Å². The molecule has 0 bridgehead atoms. The van der Waals surface area contributed by atoms with Crippen molar-refractivity contribution in [1.29, 1.82) is 0 Å². The van der Waals surface area contributed by atoms with Crippen molar-refractivity contribution in [1.82, 2.24) is 10.1 Å². The highest BCUT2D eigenvalue weighted by Crippen LogP contribution is 2.27. The number of para-hydroxylation sites is 1. The van der Waals surface area contributed by atoms with Crippen LogP contribution in [0.4, 0.5) is 5.69 Å². The van der Waals surface area contributed by atoms with Gasteiger partial charge in [0, 0.05) is 6.07 Å². The van der Waals surface area contributed by atoms with Crippen LogP contribution in [0.25, 0.3) is 11.4 Å². The van der Waals surface area contributed by atoms with Crippen molar-refractivity contribution in [2.24, 2.45) is 5.73 Å². The predicted molar refractivity (Wildman–Crippen MR) is 65.0 cm³/mol. The van der Waals surface area contributed by atoms with Crippen molar-refractivity contribution in [3.05, 3.63) is 40.3 Å². The Bertz CT molecular complexity index is 596. The van der Waals surface area contributed by atoms with Gasteiger partial charge in [-0.2, -0.15) is 4.98 Å². The van der Waals surface area contributed by atoms with Gasteiger partial charge in [0.25, 0.3) is 5.69 Å². The summed E-state index contributed by atoms with van der Waals surface area (Å²) in [5, 5.41) is 23.9. The standard InChI is InChI=1S/C11H12N4O4/c1-6(16)9(12)11-13-10(14-19-11)7-4-2-3-5-8(7)15(17)18/h2-6,9,16H,12H2,1H3/t6-,9+/m1/s1. The van der Waals surface area contributed by atoms with Crippen LogP contribution in [0.1, 0.15) is 18.9 Å². The molecular formula is C11H12N4O4. The van der Waals surface area contributed by atoms with E-state index in [1.165, 1.54) is 19.1 Å². The second-order valence-electron chi connectivity index (χ2n) is 4.00. The molecule has 0 fully saturated rings. The van der Waals surface area contributed by atoms with Crippen molar-refractivity contribution in [3.63, 3.8) is 0 Å². The SMILES string of the molecule is C[C@@H](O)[C@H](N)c1nc(-c2ccccc2[N+](=O)[O-])no1. The molecule has 100 valence electrons. The lowest BCUT2D eigenvalue weighted by atomic mass is 10.1. The molecule has 0 radical (unpaired) electrons. The number of nitro groups is 1. The first-order chi connectivity index (χ1) is 9.00. The van der Waals surface area contributed by atoms with E-state index in [1.807, 2.05) is 0 Å². The van der Waals surface area contributed by atoms with Gasteiger partial charge in [0.15, 0.2) is 0 Å². The second-order valence-corrected chi connectivity index (χ2v) is 4.00. The summed E-state index contributed by atoms with van der Waals surface area (Å²) in [6.45, 7) is 1.49. The Labute approximate surface area is 108 Å². The summed E-state index contributed by atoms with van der Waals surface area (Å²) in [5.41, 5.74) is 5.76. The maximum Gasteiger partial charge on any atom is 0.280 e. The van der Waals surface area contributed by atoms with E-state index in [-0.39, 0.29) is 23.0 Å². The number of nitrogens with two attached hydrogens (primary N) is 1. The van der Waals surface area contributed by atoms with Crippen LogP contribution in [0, 0.1) is 10.1 Å². The summed E-state index contributed by atoms with van der Waals surface area (Å²) in [7, 11) is 0. The smallest absolute Gasteiger partial charge is 0.280 e. The van der Waals surface area contributed by atoms with Crippen molar-refractivity contribution < 1.29 is 14.6 Å². The van der Waals surface area contributed by atoms with Crippen molar-refractivity contribution in [2.75, 3.05) is 0 Å². The van der Waals surface area contributed by atoms with Crippen LogP contribution in [0.15, 0.2) is 28.8 Å². The monoisotopic (exact) mass is 264 g/mol. The Kier molecular flexibility index (Phi) is 3.54. The van der Waals surface area contributed by atoms with Gasteiger partial charge in [-0.3, -0.25) is 10.1 Å². The van der Waals surface area contributed by atoms with E-state index < -0.39 is 17.1 Å². The summed E-state index contributed by atoms with van der Waals surface area (Å²) in [5.74, 6) is 0.0987. The van der Waals surface area contributed by atoms with Crippen LogP contribution in [0.2, 0.25) is 0 Å². The minimum absolute atomic E-state index is 0.0307. The quantitative estimate of drug-likeness (QED) is 0.623. The third-order valence-electron chi connectivity index (χ3n) is 2.59. The van der Waals surface area contributed by atoms with E-state index in [2.05, 4.69) is 10.1 Å². The van der Waals surface area contributed by atoms with E-state index in [9.17, 15) is 15.2 Å². The first kappa shape index (κ1) is 13.1. The number of nitro benzene ring substituents is 1. The van der Waals surface area contributed by atoms with Crippen LogP contribution >= 0.6 is 0 Å². The molecule has 2 aromatic rings. The Morgan fingerprint density at radius 2 is 2.16 bits per heavy atom. The lowest BCUT2D eigenvalue weighted by Crippen LogP contribution is -2.23. The van der Waals surface area contributed by atoms with Crippen LogP contribution < -0.4 is 5.73 Å². The normalized spacial score (nSPS) is 14.1. The van der Waals surface area contributed by atoms with Crippen LogP contribution in [-0.2, 0) is 0 Å². The van der Waals surface area contributed by atoms with Gasteiger partial charge >= 0.3 is 0 Å². The topological polar surface area (TPSA) is 128 Å². The lowest BCUT2D eigenvalue weighted by Gasteiger charge is -2.08. The number of hydrogen-bond acceptors (Lipinski definition) is 7. The summed E-state index contributed by atoms with van der Waals surface area (Å²) in [6, 6.07) is 5.21. The highest BCUT2D eigenvalue weighted by Gasteiger charge is 2.23. The zero-order valence-corrected chi connectivity index (χ0v) is 10.1. The van der Waals surface area contributed by atoms with Gasteiger partial charge < -0.3 is 15.4 Å². The summed E-state index contributed by atoms with van der Waals surface area (Å²) in [4.78, 5) is 14.3. The van der Waals surface area contributed by atoms with Crippen LogP contribution in [-0.4, -0.2) is 26.3 Å². The average molecular weight is 264 g/mol. The van der Waals surface area contributed by atoms with Crippen molar-refractivity contribution in [3.8, 4) is 11.4 Å². The second kappa shape index (κ2) is 5.12.